The molecule has 0 atom stereocenters. The van der Waals surface area contributed by atoms with Crippen LogP contribution in [0.1, 0.15) is 40.5 Å². The first-order valence-corrected chi connectivity index (χ1v) is 5.09. The predicted molar refractivity (Wildman–Crippen MR) is 61.4 cm³/mol. The third-order valence-corrected chi connectivity index (χ3v) is 2.08. The number of hydrogen-bond donors (Lipinski definition) is 0. The Morgan fingerprint density at radius 3 is 2.38 bits per heavy atom. The summed E-state index contributed by atoms with van der Waals surface area (Å²) in [6, 6.07) is 0. The van der Waals surface area contributed by atoms with Crippen molar-refractivity contribution in [1.82, 2.24) is 0 Å². The zero-order valence-corrected chi connectivity index (χ0v) is 9.65. The molecule has 0 rings (SSSR count). The van der Waals surface area contributed by atoms with Crippen LogP contribution in [0.25, 0.3) is 0 Å². The van der Waals surface area contributed by atoms with Crippen molar-refractivity contribution >= 4 is 17.3 Å². The highest BCUT2D eigenvalue weighted by Crippen LogP contribution is 2.10. The van der Waals surface area contributed by atoms with Gasteiger partial charge in [0.05, 0.1) is 0 Å². The van der Waals surface area contributed by atoms with Crippen molar-refractivity contribution in [1.29, 1.82) is 0 Å². The largest absolute Gasteiger partial charge is 0.242 e. The summed E-state index contributed by atoms with van der Waals surface area (Å²) in [4.78, 5) is 4.28. The fraction of sp³-hybridized carbons (Fsp3) is 0.545. The van der Waals surface area contributed by atoms with Crippen LogP contribution in [0.5, 0.6) is 0 Å². The molecule has 0 aliphatic carbocycles. The maximum atomic E-state index is 5.88. The molecule has 0 saturated carbocycles. The summed E-state index contributed by atoms with van der Waals surface area (Å²) in [5.41, 5.74) is 2.27. The van der Waals surface area contributed by atoms with Crippen LogP contribution >= 0.6 is 11.6 Å². The minimum Gasteiger partial charge on any atom is -0.242 e. The van der Waals surface area contributed by atoms with E-state index < -0.39 is 0 Å². The molecule has 0 aromatic rings. The lowest BCUT2D eigenvalue weighted by Crippen LogP contribution is -1.95. The zero-order valence-electron chi connectivity index (χ0n) is 8.89. The second-order valence-electron chi connectivity index (χ2n) is 2.80. The van der Waals surface area contributed by atoms with Gasteiger partial charge in [0.25, 0.3) is 0 Å². The monoisotopic (exact) mass is 199 g/mol. The molecule has 0 amide bonds. The average Bonchev–Trinajstić information content (AvgIpc) is 2.06. The second-order valence-corrected chi connectivity index (χ2v) is 3.19. The van der Waals surface area contributed by atoms with Gasteiger partial charge in [0.1, 0.15) is 5.16 Å². The summed E-state index contributed by atoms with van der Waals surface area (Å²) >= 11 is 5.88. The fourth-order valence-electron chi connectivity index (χ4n) is 1.11. The highest BCUT2D eigenvalue weighted by Gasteiger charge is 1.97. The van der Waals surface area contributed by atoms with Crippen LogP contribution in [-0.2, 0) is 0 Å². The van der Waals surface area contributed by atoms with Crippen molar-refractivity contribution in [3.05, 3.63) is 22.9 Å². The van der Waals surface area contributed by atoms with E-state index in [2.05, 4.69) is 18.0 Å². The molecule has 74 valence electrons. The van der Waals surface area contributed by atoms with Crippen molar-refractivity contribution in [2.75, 3.05) is 0 Å². The van der Waals surface area contributed by atoms with Gasteiger partial charge in [0.15, 0.2) is 0 Å². The van der Waals surface area contributed by atoms with Gasteiger partial charge in [-0.25, -0.2) is 4.99 Å². The normalized spacial score (nSPS) is 15.0. The van der Waals surface area contributed by atoms with Crippen LogP contribution in [0.4, 0.5) is 0 Å². The van der Waals surface area contributed by atoms with E-state index in [1.54, 1.807) is 0 Å². The van der Waals surface area contributed by atoms with Gasteiger partial charge in [-0.05, 0) is 38.3 Å². The Bertz CT molecular complexity index is 236. The summed E-state index contributed by atoms with van der Waals surface area (Å²) < 4.78 is 0. The maximum absolute atomic E-state index is 5.88. The molecule has 0 saturated heterocycles. The third kappa shape index (κ3) is 4.89. The van der Waals surface area contributed by atoms with Gasteiger partial charge in [-0.1, -0.05) is 31.5 Å². The zero-order chi connectivity index (χ0) is 10.3. The summed E-state index contributed by atoms with van der Waals surface area (Å²) in [7, 11) is 0. The van der Waals surface area contributed by atoms with Crippen LogP contribution in [0.15, 0.2) is 27.9 Å². The average molecular weight is 200 g/mol. The van der Waals surface area contributed by atoms with Crippen LogP contribution in [0, 0.1) is 0 Å². The van der Waals surface area contributed by atoms with E-state index >= 15 is 0 Å². The number of hydrogen-bond acceptors (Lipinski definition) is 1. The Balaban J connectivity index is 4.57. The SMILES string of the molecule is C\C=C(CC)/C(C)=N\C(Cl)=C\CC. The van der Waals surface area contributed by atoms with Gasteiger partial charge in [0.2, 0.25) is 0 Å². The minimum atomic E-state index is 0.591. The lowest BCUT2D eigenvalue weighted by Gasteiger charge is -2.02. The molecule has 0 radical (unpaired) electrons. The third-order valence-electron chi connectivity index (χ3n) is 1.84. The van der Waals surface area contributed by atoms with Crippen molar-refractivity contribution in [2.24, 2.45) is 4.99 Å². The van der Waals surface area contributed by atoms with Crippen LogP contribution in [-0.4, -0.2) is 5.71 Å². The van der Waals surface area contributed by atoms with E-state index in [-0.39, 0.29) is 0 Å². The molecule has 0 aliphatic rings. The van der Waals surface area contributed by atoms with E-state index in [4.69, 9.17) is 11.6 Å². The summed E-state index contributed by atoms with van der Waals surface area (Å²) in [6.45, 7) is 8.18. The summed E-state index contributed by atoms with van der Waals surface area (Å²) in [5, 5.41) is 0.591. The molecule has 0 heterocycles. The molecule has 0 N–H and O–H groups in total. The maximum Gasteiger partial charge on any atom is 0.125 e. The number of halogens is 1. The smallest absolute Gasteiger partial charge is 0.125 e. The first-order valence-electron chi connectivity index (χ1n) is 4.72. The van der Waals surface area contributed by atoms with Gasteiger partial charge in [0, 0.05) is 5.71 Å². The molecule has 2 heteroatoms. The van der Waals surface area contributed by atoms with Crippen LogP contribution < -0.4 is 0 Å². The molecule has 0 spiro atoms. The molecule has 0 aliphatic heterocycles. The molecule has 0 aromatic carbocycles. The minimum absolute atomic E-state index is 0.591. The quantitative estimate of drug-likeness (QED) is 0.473. The highest BCUT2D eigenvalue weighted by atomic mass is 35.5. The Morgan fingerprint density at radius 1 is 1.38 bits per heavy atom. The molecule has 13 heavy (non-hydrogen) atoms. The van der Waals surface area contributed by atoms with Crippen molar-refractivity contribution in [3.8, 4) is 0 Å². The molecule has 0 aromatic heterocycles. The molecule has 1 nitrogen and oxygen atoms in total. The number of rotatable bonds is 4. The van der Waals surface area contributed by atoms with Crippen molar-refractivity contribution in [3.63, 3.8) is 0 Å². The Kier molecular flexibility index (Phi) is 6.61. The lowest BCUT2D eigenvalue weighted by atomic mass is 10.1. The first kappa shape index (κ1) is 12.4. The van der Waals surface area contributed by atoms with E-state index in [1.807, 2.05) is 26.8 Å². The van der Waals surface area contributed by atoms with Crippen molar-refractivity contribution in [2.45, 2.75) is 40.5 Å². The molecule has 0 bridgehead atoms. The van der Waals surface area contributed by atoms with Gasteiger partial charge in [-0.2, -0.15) is 0 Å². The Hall–Kier alpha value is -0.560. The molecule has 0 fully saturated rings. The van der Waals surface area contributed by atoms with E-state index in [0.29, 0.717) is 5.16 Å². The molecular formula is C11H18ClN. The van der Waals surface area contributed by atoms with E-state index in [1.165, 1.54) is 5.57 Å². The lowest BCUT2D eigenvalue weighted by molar-refractivity contribution is 1.15. The topological polar surface area (TPSA) is 12.4 Å². The van der Waals surface area contributed by atoms with E-state index in [9.17, 15) is 0 Å². The van der Waals surface area contributed by atoms with Gasteiger partial charge < -0.3 is 0 Å². The first-order chi connectivity index (χ1) is 6.15. The highest BCUT2D eigenvalue weighted by molar-refractivity contribution is 6.30. The summed E-state index contributed by atoms with van der Waals surface area (Å²) in [6.07, 6.45) is 5.91. The van der Waals surface area contributed by atoms with E-state index in [0.717, 1.165) is 18.6 Å². The van der Waals surface area contributed by atoms with Gasteiger partial charge in [-0.15, -0.1) is 0 Å². The van der Waals surface area contributed by atoms with Crippen LogP contribution in [0.3, 0.4) is 0 Å². The molecule has 0 unspecified atom stereocenters. The second kappa shape index (κ2) is 6.90. The van der Waals surface area contributed by atoms with Crippen molar-refractivity contribution < 1.29 is 0 Å². The fourth-order valence-corrected chi connectivity index (χ4v) is 1.40. The summed E-state index contributed by atoms with van der Waals surface area (Å²) in [5.74, 6) is 0. The Morgan fingerprint density at radius 2 is 2.00 bits per heavy atom. The molecular weight excluding hydrogens is 182 g/mol. The standard InChI is InChI=1S/C11H18ClN/c1-5-8-11(12)13-9(4)10(6-2)7-3/h6,8H,5,7H2,1-4H3/b10-6-,11-8+,13-9-. The number of aliphatic imine (C=N–C) groups is 1. The Labute approximate surface area is 86.2 Å². The van der Waals surface area contributed by atoms with Gasteiger partial charge >= 0.3 is 0 Å². The predicted octanol–water partition coefficient (Wildman–Crippen LogP) is 4.29. The van der Waals surface area contributed by atoms with Gasteiger partial charge in [-0.3, -0.25) is 0 Å². The number of nitrogens with zero attached hydrogens (tertiary/aromatic N) is 1. The van der Waals surface area contributed by atoms with Crippen LogP contribution in [0.2, 0.25) is 0 Å². The number of allylic oxidation sites excluding steroid dienone is 3.